The van der Waals surface area contributed by atoms with E-state index in [0.29, 0.717) is 25.7 Å². The van der Waals surface area contributed by atoms with Crippen LogP contribution in [0.2, 0.25) is 0 Å². The zero-order chi connectivity index (χ0) is 20.6. The fourth-order valence-electron chi connectivity index (χ4n) is 4.55. The molecule has 0 bridgehead atoms. The van der Waals surface area contributed by atoms with Gasteiger partial charge in [-0.2, -0.15) is 0 Å². The summed E-state index contributed by atoms with van der Waals surface area (Å²) in [4.78, 5) is 37.6. The highest BCUT2D eigenvalue weighted by Gasteiger charge is 2.48. The van der Waals surface area contributed by atoms with Gasteiger partial charge in [-0.05, 0) is 25.7 Å². The summed E-state index contributed by atoms with van der Waals surface area (Å²) in [7, 11) is 0. The maximum absolute atomic E-state index is 12.6. The number of carbonyl (C=O) groups excluding carboxylic acids is 3. The molecule has 4 aliphatic rings. The van der Waals surface area contributed by atoms with Crippen molar-refractivity contribution in [1.29, 1.82) is 0 Å². The van der Waals surface area contributed by atoms with Crippen molar-refractivity contribution in [2.24, 2.45) is 5.92 Å². The molecule has 0 aromatic rings. The molecule has 29 heavy (non-hydrogen) atoms. The van der Waals surface area contributed by atoms with Gasteiger partial charge in [0.15, 0.2) is 0 Å². The van der Waals surface area contributed by atoms with Crippen LogP contribution in [0.1, 0.15) is 71.1 Å². The summed E-state index contributed by atoms with van der Waals surface area (Å²) < 4.78 is 22.0. The Bertz CT molecular complexity index is 759. The van der Waals surface area contributed by atoms with Gasteiger partial charge in [-0.3, -0.25) is 0 Å². The minimum absolute atomic E-state index is 0.132. The molecule has 0 amide bonds. The van der Waals surface area contributed by atoms with E-state index in [-0.39, 0.29) is 11.1 Å². The molecule has 1 atom stereocenters. The third-order valence-electron chi connectivity index (χ3n) is 6.11. The third-order valence-corrected chi connectivity index (χ3v) is 6.11. The molecule has 4 rings (SSSR count). The van der Waals surface area contributed by atoms with Crippen molar-refractivity contribution >= 4 is 17.9 Å². The number of rotatable bonds is 2. The van der Waals surface area contributed by atoms with E-state index in [1.807, 2.05) is 0 Å². The lowest BCUT2D eigenvalue weighted by molar-refractivity contribution is -0.251. The molecule has 8 nitrogen and oxygen atoms in total. The van der Waals surface area contributed by atoms with Gasteiger partial charge < -0.3 is 24.1 Å². The molecule has 1 N–H and O–H groups in total. The molecule has 1 unspecified atom stereocenters. The van der Waals surface area contributed by atoms with Crippen LogP contribution in [0.3, 0.4) is 0 Å². The Balaban J connectivity index is 1.53. The molecule has 2 spiro atoms. The van der Waals surface area contributed by atoms with Crippen LogP contribution in [-0.2, 0) is 33.3 Å². The quantitative estimate of drug-likeness (QED) is 0.423. The van der Waals surface area contributed by atoms with Gasteiger partial charge in [0.1, 0.15) is 11.1 Å². The van der Waals surface area contributed by atoms with E-state index in [0.717, 1.165) is 38.5 Å². The van der Waals surface area contributed by atoms with E-state index in [4.69, 9.17) is 18.9 Å². The first kappa shape index (κ1) is 19.8. The topological polar surface area (TPSA) is 108 Å². The molecule has 2 aliphatic heterocycles. The lowest BCUT2D eigenvalue weighted by Gasteiger charge is -2.40. The van der Waals surface area contributed by atoms with Crippen molar-refractivity contribution in [1.82, 2.24) is 0 Å². The zero-order valence-electron chi connectivity index (χ0n) is 16.5. The Morgan fingerprint density at radius 3 is 1.69 bits per heavy atom. The summed E-state index contributed by atoms with van der Waals surface area (Å²) in [5, 5.41) is 10.4. The Morgan fingerprint density at radius 2 is 1.21 bits per heavy atom. The number of hydrogen-bond acceptors (Lipinski definition) is 8. The van der Waals surface area contributed by atoms with E-state index in [9.17, 15) is 19.5 Å². The molecular formula is C21H26O8. The maximum Gasteiger partial charge on any atom is 0.348 e. The number of esters is 3. The first-order valence-corrected chi connectivity index (χ1v) is 10.4. The summed E-state index contributed by atoms with van der Waals surface area (Å²) in [6.45, 7) is 1.56. The van der Waals surface area contributed by atoms with Crippen molar-refractivity contribution < 1.29 is 38.4 Å². The summed E-state index contributed by atoms with van der Waals surface area (Å²) in [5.41, 5.74) is -0.424. The molecule has 0 aromatic heterocycles. The van der Waals surface area contributed by atoms with E-state index in [1.54, 1.807) is 6.92 Å². The number of allylic oxidation sites excluding steroid dienone is 1. The van der Waals surface area contributed by atoms with Gasteiger partial charge in [-0.15, -0.1) is 0 Å². The van der Waals surface area contributed by atoms with Crippen LogP contribution in [0.4, 0.5) is 0 Å². The fourth-order valence-corrected chi connectivity index (χ4v) is 4.55. The van der Waals surface area contributed by atoms with E-state index in [2.05, 4.69) is 0 Å². The highest BCUT2D eigenvalue weighted by atomic mass is 16.8. The Hall–Kier alpha value is -2.51. The average molecular weight is 406 g/mol. The lowest BCUT2D eigenvalue weighted by atomic mass is 9.91. The molecule has 2 saturated carbocycles. The second-order valence-corrected chi connectivity index (χ2v) is 8.30. The second-order valence-electron chi connectivity index (χ2n) is 8.30. The number of aliphatic hydroxyl groups is 1. The SMILES string of the molecule is CC(C=C1C(=O)OC2(CCCCC2)OC1=O)C1=C(O)OC2(CCCCC2)OC1=O. The van der Waals surface area contributed by atoms with Crippen LogP contribution in [0.25, 0.3) is 0 Å². The number of aliphatic hydroxyl groups excluding tert-OH is 1. The van der Waals surface area contributed by atoms with Gasteiger partial charge in [-0.1, -0.05) is 25.8 Å². The monoisotopic (exact) mass is 406 g/mol. The van der Waals surface area contributed by atoms with Crippen LogP contribution in [0.15, 0.2) is 23.2 Å². The van der Waals surface area contributed by atoms with Gasteiger partial charge >= 0.3 is 17.9 Å². The van der Waals surface area contributed by atoms with Crippen LogP contribution in [0.5, 0.6) is 0 Å². The van der Waals surface area contributed by atoms with Gasteiger partial charge in [-0.25, -0.2) is 14.4 Å². The maximum atomic E-state index is 12.6. The molecule has 3 fully saturated rings. The van der Waals surface area contributed by atoms with Gasteiger partial charge in [0.2, 0.25) is 0 Å². The van der Waals surface area contributed by atoms with Crippen molar-refractivity contribution in [3.8, 4) is 0 Å². The number of ether oxygens (including phenoxy) is 4. The molecular weight excluding hydrogens is 380 g/mol. The molecule has 2 heterocycles. The van der Waals surface area contributed by atoms with Crippen LogP contribution < -0.4 is 0 Å². The summed E-state index contributed by atoms with van der Waals surface area (Å²) in [5.74, 6) is -5.87. The molecule has 158 valence electrons. The largest absolute Gasteiger partial charge is 0.480 e. The Labute approximate surface area is 168 Å². The second kappa shape index (κ2) is 7.39. The molecule has 0 aromatic carbocycles. The van der Waals surface area contributed by atoms with E-state index >= 15 is 0 Å². The molecule has 1 saturated heterocycles. The van der Waals surface area contributed by atoms with E-state index in [1.165, 1.54) is 6.08 Å². The summed E-state index contributed by atoms with van der Waals surface area (Å²) in [6.07, 6.45) is 8.63. The minimum Gasteiger partial charge on any atom is -0.480 e. The highest BCUT2D eigenvalue weighted by molar-refractivity contribution is 6.15. The zero-order valence-corrected chi connectivity index (χ0v) is 16.5. The van der Waals surface area contributed by atoms with Crippen molar-refractivity contribution in [3.63, 3.8) is 0 Å². The highest BCUT2D eigenvalue weighted by Crippen LogP contribution is 2.41. The lowest BCUT2D eigenvalue weighted by Crippen LogP contribution is -2.48. The molecule has 8 heteroatoms. The average Bonchev–Trinajstić information content (AvgIpc) is 2.65. The van der Waals surface area contributed by atoms with Crippen LogP contribution >= 0.6 is 0 Å². The van der Waals surface area contributed by atoms with Crippen molar-refractivity contribution in [3.05, 3.63) is 23.2 Å². The number of carbonyl (C=O) groups is 3. The molecule has 2 aliphatic carbocycles. The van der Waals surface area contributed by atoms with Crippen molar-refractivity contribution in [2.45, 2.75) is 82.7 Å². The summed E-state index contributed by atoms with van der Waals surface area (Å²) in [6, 6.07) is 0. The van der Waals surface area contributed by atoms with Gasteiger partial charge in [0, 0.05) is 31.6 Å². The third kappa shape index (κ3) is 3.72. The summed E-state index contributed by atoms with van der Waals surface area (Å²) >= 11 is 0. The predicted molar refractivity (Wildman–Crippen MR) is 97.9 cm³/mol. The van der Waals surface area contributed by atoms with Crippen molar-refractivity contribution in [2.75, 3.05) is 0 Å². The fraction of sp³-hybridized carbons (Fsp3) is 0.667. The molecule has 0 radical (unpaired) electrons. The van der Waals surface area contributed by atoms with Gasteiger partial charge in [0.25, 0.3) is 17.5 Å². The standard InChI is InChI=1S/C21H26O8/c1-13(15-18(24)28-21(29-19(15)25)10-6-3-7-11-21)12-14-16(22)26-20(27-17(14)23)8-4-2-5-9-20/h12-13,24H,2-11H2,1H3. The predicted octanol–water partition coefficient (Wildman–Crippen LogP) is 3.31. The van der Waals surface area contributed by atoms with Gasteiger partial charge in [0.05, 0.1) is 0 Å². The van der Waals surface area contributed by atoms with Crippen LogP contribution in [-0.4, -0.2) is 34.6 Å². The number of hydrogen-bond donors (Lipinski definition) is 1. The van der Waals surface area contributed by atoms with Crippen LogP contribution in [0, 0.1) is 5.92 Å². The minimum atomic E-state index is -1.17. The Kier molecular flexibility index (Phi) is 5.04. The first-order valence-electron chi connectivity index (χ1n) is 10.4. The first-order chi connectivity index (χ1) is 13.8. The Morgan fingerprint density at radius 1 is 0.759 bits per heavy atom. The smallest absolute Gasteiger partial charge is 0.348 e. The van der Waals surface area contributed by atoms with E-state index < -0.39 is 41.3 Å². The normalized spacial score (nSPS) is 27.1.